The van der Waals surface area contributed by atoms with Gasteiger partial charge in [0, 0.05) is 24.1 Å². The van der Waals surface area contributed by atoms with Crippen LogP contribution in [0.5, 0.6) is 0 Å². The van der Waals surface area contributed by atoms with Gasteiger partial charge in [0.25, 0.3) is 0 Å². The Balaban J connectivity index is 1.63. The quantitative estimate of drug-likeness (QED) is 0.380. The van der Waals surface area contributed by atoms with E-state index in [4.69, 9.17) is 4.84 Å². The molecule has 0 aromatic carbocycles. The summed E-state index contributed by atoms with van der Waals surface area (Å²) in [4.78, 5) is 5.87. The van der Waals surface area contributed by atoms with Crippen LogP contribution in [0.4, 0.5) is 26.3 Å². The second-order valence-electron chi connectivity index (χ2n) is 8.91. The number of nitrogens with one attached hydrogen (secondary N) is 1. The number of aliphatic hydroxyl groups excluding tert-OH is 3. The molecule has 2 heterocycles. The molecule has 12 heteroatoms. The van der Waals surface area contributed by atoms with E-state index in [9.17, 15) is 41.7 Å². The molecule has 176 valence electrons. The van der Waals surface area contributed by atoms with Crippen molar-refractivity contribution < 1.29 is 46.5 Å². The molecule has 2 aliphatic heterocycles. The molecule has 0 unspecified atom stereocenters. The highest BCUT2D eigenvalue weighted by molar-refractivity contribution is 5.23. The molecule has 0 amide bonds. The predicted octanol–water partition coefficient (Wildman–Crippen LogP) is 1.78. The molecule has 0 aromatic rings. The molecule has 2 aliphatic carbocycles. The first-order chi connectivity index (χ1) is 14.4. The zero-order chi connectivity index (χ0) is 22.8. The molecular formula is C19H24F6N2O4. The van der Waals surface area contributed by atoms with E-state index in [0.29, 0.717) is 12.8 Å². The molecule has 31 heavy (non-hydrogen) atoms. The van der Waals surface area contributed by atoms with Crippen molar-refractivity contribution >= 4 is 0 Å². The number of hydrogen-bond acceptors (Lipinski definition) is 6. The number of hydroxylamine groups is 2. The fourth-order valence-corrected chi connectivity index (χ4v) is 5.02. The number of piperidine rings is 2. The van der Waals surface area contributed by atoms with Crippen LogP contribution in [0.25, 0.3) is 0 Å². The lowest BCUT2D eigenvalue weighted by Gasteiger charge is -2.49. The van der Waals surface area contributed by atoms with E-state index in [0.717, 1.165) is 11.1 Å². The lowest BCUT2D eigenvalue weighted by Crippen LogP contribution is -2.65. The molecule has 4 N–H and O–H groups in total. The van der Waals surface area contributed by atoms with E-state index in [1.165, 1.54) is 0 Å². The van der Waals surface area contributed by atoms with Crippen molar-refractivity contribution in [2.75, 3.05) is 13.1 Å². The van der Waals surface area contributed by atoms with Crippen molar-refractivity contribution in [1.29, 1.82) is 0 Å². The van der Waals surface area contributed by atoms with Gasteiger partial charge in [0.15, 0.2) is 5.83 Å². The maximum atomic E-state index is 14.2. The first-order valence-electron chi connectivity index (χ1n) is 10.1. The minimum atomic E-state index is -4.58. The van der Waals surface area contributed by atoms with Gasteiger partial charge in [-0.1, -0.05) is 6.08 Å². The number of β-amino-alcohol motifs (C(OH)–C–C–N with tert-alkyl or cyclic N) is 2. The van der Waals surface area contributed by atoms with Crippen LogP contribution < -0.4 is 5.32 Å². The van der Waals surface area contributed by atoms with Gasteiger partial charge in [0.2, 0.25) is 0 Å². The van der Waals surface area contributed by atoms with Gasteiger partial charge in [-0.25, -0.2) is 4.39 Å². The number of rotatable bonds is 4. The highest BCUT2D eigenvalue weighted by atomic mass is 19.4. The summed E-state index contributed by atoms with van der Waals surface area (Å²) in [6.45, 7) is -0.317. The molecule has 0 bridgehead atoms. The van der Waals surface area contributed by atoms with Crippen LogP contribution in [-0.2, 0) is 4.84 Å². The van der Waals surface area contributed by atoms with E-state index in [1.807, 2.05) is 0 Å². The third-order valence-electron chi connectivity index (χ3n) is 6.94. The molecule has 2 spiro atoms. The van der Waals surface area contributed by atoms with Crippen LogP contribution in [-0.4, -0.2) is 75.1 Å². The van der Waals surface area contributed by atoms with Gasteiger partial charge in [-0.05, 0) is 25.7 Å². The van der Waals surface area contributed by atoms with Crippen molar-refractivity contribution in [3.8, 4) is 0 Å². The van der Waals surface area contributed by atoms with Gasteiger partial charge in [-0.2, -0.15) is 27.0 Å². The molecule has 4 fully saturated rings. The molecular weight excluding hydrogens is 434 g/mol. The maximum Gasteiger partial charge on any atom is 0.409 e. The maximum absolute atomic E-state index is 14.2. The second kappa shape index (κ2) is 7.70. The summed E-state index contributed by atoms with van der Waals surface area (Å²) in [7, 11) is 0. The third kappa shape index (κ3) is 4.13. The monoisotopic (exact) mass is 458 g/mol. The first-order valence-corrected chi connectivity index (χ1v) is 10.1. The Morgan fingerprint density at radius 3 is 2.19 bits per heavy atom. The topological polar surface area (TPSA) is 85.2 Å². The summed E-state index contributed by atoms with van der Waals surface area (Å²) >= 11 is 0. The smallest absolute Gasteiger partial charge is 0.390 e. The van der Waals surface area contributed by atoms with Crippen LogP contribution in [0.3, 0.4) is 0 Å². The second-order valence-corrected chi connectivity index (χ2v) is 8.91. The van der Waals surface area contributed by atoms with E-state index in [2.05, 4.69) is 5.32 Å². The number of nitrogens with zero attached hydrogens (tertiary/aromatic N) is 1. The van der Waals surface area contributed by atoms with Crippen molar-refractivity contribution in [3.63, 3.8) is 0 Å². The summed E-state index contributed by atoms with van der Waals surface area (Å²) < 4.78 is 78.7. The molecule has 0 radical (unpaired) electrons. The average Bonchev–Trinajstić information content (AvgIpc) is 3.59. The van der Waals surface area contributed by atoms with E-state index in [-0.39, 0.29) is 32.0 Å². The van der Waals surface area contributed by atoms with Gasteiger partial charge in [0.1, 0.15) is 6.10 Å². The number of hydrogen-bond donors (Lipinski definition) is 4. The fraction of sp³-hybridized carbons (Fsp3) is 0.789. The molecule has 0 aromatic heterocycles. The zero-order valence-corrected chi connectivity index (χ0v) is 16.3. The predicted molar refractivity (Wildman–Crippen MR) is 94.1 cm³/mol. The number of halogens is 6. The lowest BCUT2D eigenvalue weighted by molar-refractivity contribution is -0.304. The Hall–Kier alpha value is -1.18. The Labute approximate surface area is 174 Å². The summed E-state index contributed by atoms with van der Waals surface area (Å²) in [6.07, 6.45) is -10.6. The lowest BCUT2D eigenvalue weighted by atomic mass is 9.82. The summed E-state index contributed by atoms with van der Waals surface area (Å²) in [5.74, 6) is -4.50. The third-order valence-corrected chi connectivity index (χ3v) is 6.94. The summed E-state index contributed by atoms with van der Waals surface area (Å²) in [5.41, 5.74) is -2.06. The summed E-state index contributed by atoms with van der Waals surface area (Å²) in [6, 6.07) is 0. The van der Waals surface area contributed by atoms with Crippen molar-refractivity contribution in [1.82, 2.24) is 10.4 Å². The fourth-order valence-electron chi connectivity index (χ4n) is 5.02. The summed E-state index contributed by atoms with van der Waals surface area (Å²) in [5, 5.41) is 35.0. The van der Waals surface area contributed by atoms with Crippen molar-refractivity contribution in [2.24, 2.45) is 11.8 Å². The van der Waals surface area contributed by atoms with Gasteiger partial charge in [0.05, 0.1) is 36.3 Å². The van der Waals surface area contributed by atoms with Crippen LogP contribution in [0.2, 0.25) is 0 Å². The average molecular weight is 458 g/mol. The highest BCUT2D eigenvalue weighted by Gasteiger charge is 2.65. The van der Waals surface area contributed by atoms with E-state index < -0.39 is 65.4 Å². The number of aliphatic hydroxyl groups is 3. The molecule has 6 atom stereocenters. The van der Waals surface area contributed by atoms with Crippen molar-refractivity contribution in [3.05, 3.63) is 24.1 Å². The first kappa shape index (κ1) is 23.0. The SMILES string of the molecule is O[C@H]1[C@H](O)CN(O[C@H]2[C@H](O)CNC3(CC3)[C@@H]2/C=C/C(F)(F)F)C2(CC2)[C@@H]1C(F)=C(F)F. The minimum absolute atomic E-state index is 0.0455. The minimum Gasteiger partial charge on any atom is -0.390 e. The Bertz CT molecular complexity index is 763. The Kier molecular flexibility index (Phi) is 5.71. The molecule has 6 nitrogen and oxygen atoms in total. The normalized spacial score (nSPS) is 39.3. The Morgan fingerprint density at radius 2 is 1.68 bits per heavy atom. The van der Waals surface area contributed by atoms with Gasteiger partial charge in [-0.3, -0.25) is 4.84 Å². The highest BCUT2D eigenvalue weighted by Crippen LogP contribution is 2.56. The van der Waals surface area contributed by atoms with Gasteiger partial charge >= 0.3 is 12.3 Å². The van der Waals surface area contributed by atoms with Crippen LogP contribution in [0.1, 0.15) is 25.7 Å². The largest absolute Gasteiger partial charge is 0.409 e. The number of allylic oxidation sites excluding steroid dienone is 1. The van der Waals surface area contributed by atoms with Gasteiger partial charge in [-0.15, -0.1) is 0 Å². The van der Waals surface area contributed by atoms with Crippen LogP contribution in [0.15, 0.2) is 24.1 Å². The molecule has 2 saturated carbocycles. The number of alkyl halides is 3. The van der Waals surface area contributed by atoms with E-state index in [1.54, 1.807) is 0 Å². The van der Waals surface area contributed by atoms with Crippen LogP contribution in [0, 0.1) is 11.8 Å². The molecule has 4 aliphatic rings. The van der Waals surface area contributed by atoms with E-state index >= 15 is 0 Å². The standard InChI is InChI=1S/C19H24F6N2O4/c20-13(16(21)22)12-14(30)11(29)8-27(18(12)5-6-18)31-15-9(1-2-19(23,24)25)17(3-4-17)26-7-10(15)28/h1-2,9-12,14-15,26,28-30H,3-8H2/b2-1+/t9-,10-,11-,12-,14+,15-/m1/s1. The Morgan fingerprint density at radius 1 is 1.03 bits per heavy atom. The molecule has 4 rings (SSSR count). The van der Waals surface area contributed by atoms with Crippen molar-refractivity contribution in [2.45, 2.75) is 67.4 Å². The van der Waals surface area contributed by atoms with Gasteiger partial charge < -0.3 is 20.6 Å². The molecule has 2 saturated heterocycles. The zero-order valence-electron chi connectivity index (χ0n) is 16.3. The van der Waals surface area contributed by atoms with Crippen LogP contribution >= 0.6 is 0 Å².